The molecule has 3 rings (SSSR count). The second kappa shape index (κ2) is 7.96. The molecule has 0 atom stereocenters. The number of nitrogens with zero attached hydrogens (tertiary/aromatic N) is 2. The molecule has 7 heteroatoms. The fourth-order valence-corrected chi connectivity index (χ4v) is 3.18. The Hall–Kier alpha value is -2.64. The predicted molar refractivity (Wildman–Crippen MR) is 96.1 cm³/mol. The Morgan fingerprint density at radius 2 is 1.80 bits per heavy atom. The maximum absolute atomic E-state index is 12.2. The van der Waals surface area contributed by atoms with Crippen LogP contribution in [0.25, 0.3) is 5.69 Å². The molecule has 130 valence electrons. The second-order valence-corrected chi connectivity index (χ2v) is 7.33. The van der Waals surface area contributed by atoms with Crippen LogP contribution in [0.2, 0.25) is 0 Å². The van der Waals surface area contributed by atoms with Crippen molar-refractivity contribution in [2.45, 2.75) is 6.54 Å². The van der Waals surface area contributed by atoms with Gasteiger partial charge in [-0.25, -0.2) is 18.1 Å². The number of para-hydroxylation sites is 2. The van der Waals surface area contributed by atoms with Crippen molar-refractivity contribution in [1.82, 2.24) is 14.3 Å². The van der Waals surface area contributed by atoms with E-state index in [1.54, 1.807) is 24.7 Å². The van der Waals surface area contributed by atoms with E-state index in [0.717, 1.165) is 11.3 Å². The molecule has 0 spiro atoms. The average molecular weight is 357 g/mol. The van der Waals surface area contributed by atoms with Crippen molar-refractivity contribution in [3.63, 3.8) is 0 Å². The van der Waals surface area contributed by atoms with Crippen LogP contribution in [0.1, 0.15) is 5.56 Å². The zero-order valence-corrected chi connectivity index (χ0v) is 14.4. The first-order chi connectivity index (χ1) is 12.1. The van der Waals surface area contributed by atoms with Gasteiger partial charge in [0.15, 0.2) is 0 Å². The smallest absolute Gasteiger partial charge is 0.215 e. The van der Waals surface area contributed by atoms with Gasteiger partial charge in [0.1, 0.15) is 12.4 Å². The Bertz CT molecular complexity index is 894. The van der Waals surface area contributed by atoms with Crippen LogP contribution < -0.4 is 9.46 Å². The molecular weight excluding hydrogens is 338 g/mol. The summed E-state index contributed by atoms with van der Waals surface area (Å²) in [5.74, 6) is 0.554. The molecule has 25 heavy (non-hydrogen) atoms. The van der Waals surface area contributed by atoms with Gasteiger partial charge in [-0.1, -0.05) is 36.4 Å². The molecule has 6 nitrogen and oxygen atoms in total. The zero-order valence-electron chi connectivity index (χ0n) is 13.6. The fourth-order valence-electron chi connectivity index (χ4n) is 2.36. The summed E-state index contributed by atoms with van der Waals surface area (Å²) in [4.78, 5) is 4.03. The van der Waals surface area contributed by atoms with Crippen molar-refractivity contribution in [2.24, 2.45) is 0 Å². The molecule has 0 aliphatic carbocycles. The summed E-state index contributed by atoms with van der Waals surface area (Å²) in [5, 5.41) is 0. The summed E-state index contributed by atoms with van der Waals surface area (Å²) < 4.78 is 34.3. The number of ether oxygens (including phenoxy) is 1. The van der Waals surface area contributed by atoms with Gasteiger partial charge < -0.3 is 9.30 Å². The highest BCUT2D eigenvalue weighted by Crippen LogP contribution is 2.14. The van der Waals surface area contributed by atoms with Crippen LogP contribution in [0.15, 0.2) is 73.3 Å². The number of benzene rings is 2. The van der Waals surface area contributed by atoms with Crippen LogP contribution in [-0.4, -0.2) is 30.3 Å². The van der Waals surface area contributed by atoms with Gasteiger partial charge in [-0.05, 0) is 23.8 Å². The normalized spacial score (nSPS) is 11.4. The molecule has 0 aliphatic heterocycles. The largest absolute Gasteiger partial charge is 0.492 e. The average Bonchev–Trinajstić information content (AvgIpc) is 3.16. The summed E-state index contributed by atoms with van der Waals surface area (Å²) in [6.45, 7) is 0.310. The predicted octanol–water partition coefficient (Wildman–Crippen LogP) is 2.37. The number of hydrogen-bond acceptors (Lipinski definition) is 4. The summed E-state index contributed by atoms with van der Waals surface area (Å²) >= 11 is 0. The second-order valence-electron chi connectivity index (χ2n) is 5.40. The third-order valence-electron chi connectivity index (χ3n) is 3.62. The lowest BCUT2D eigenvalue weighted by molar-refractivity contribution is 0.340. The first-order valence-corrected chi connectivity index (χ1v) is 9.51. The van der Waals surface area contributed by atoms with Gasteiger partial charge in [0.2, 0.25) is 10.0 Å². The van der Waals surface area contributed by atoms with E-state index in [2.05, 4.69) is 9.71 Å². The lowest BCUT2D eigenvalue weighted by atomic mass is 10.2. The van der Waals surface area contributed by atoms with E-state index in [1.165, 1.54) is 0 Å². The molecule has 3 aromatic rings. The molecule has 2 aromatic carbocycles. The number of rotatable bonds is 8. The number of aromatic nitrogens is 2. The molecule has 0 radical (unpaired) electrons. The molecule has 1 heterocycles. The Balaban J connectivity index is 1.57. The first-order valence-electron chi connectivity index (χ1n) is 7.85. The summed E-state index contributed by atoms with van der Waals surface area (Å²) in [7, 11) is -3.44. The van der Waals surface area contributed by atoms with Crippen LogP contribution in [0.4, 0.5) is 0 Å². The van der Waals surface area contributed by atoms with Crippen molar-refractivity contribution < 1.29 is 13.2 Å². The monoisotopic (exact) mass is 357 g/mol. The van der Waals surface area contributed by atoms with Crippen molar-refractivity contribution >= 4 is 10.0 Å². The van der Waals surface area contributed by atoms with Crippen molar-refractivity contribution in [1.29, 1.82) is 0 Å². The maximum atomic E-state index is 12.2. The number of imidazole rings is 1. The molecule has 0 fully saturated rings. The molecule has 1 N–H and O–H groups in total. The van der Waals surface area contributed by atoms with Gasteiger partial charge >= 0.3 is 0 Å². The molecule has 0 saturated carbocycles. The Morgan fingerprint density at radius 3 is 2.56 bits per heavy atom. The van der Waals surface area contributed by atoms with Crippen LogP contribution in [-0.2, 0) is 16.6 Å². The number of hydrogen-bond donors (Lipinski definition) is 1. The highest BCUT2D eigenvalue weighted by molar-refractivity contribution is 7.89. The van der Waals surface area contributed by atoms with E-state index in [4.69, 9.17) is 4.74 Å². The van der Waals surface area contributed by atoms with E-state index < -0.39 is 10.0 Å². The minimum absolute atomic E-state index is 0.0997. The fraction of sp³-hybridized carbons (Fsp3) is 0.167. The van der Waals surface area contributed by atoms with Gasteiger partial charge in [0, 0.05) is 18.9 Å². The minimum Gasteiger partial charge on any atom is -0.492 e. The molecule has 0 unspecified atom stereocenters. The van der Waals surface area contributed by atoms with Crippen molar-refractivity contribution in [3.05, 3.63) is 78.9 Å². The highest BCUT2D eigenvalue weighted by atomic mass is 32.2. The minimum atomic E-state index is -3.44. The molecule has 0 bridgehead atoms. The molecule has 0 saturated heterocycles. The molecule has 0 amide bonds. The maximum Gasteiger partial charge on any atom is 0.215 e. The van der Waals surface area contributed by atoms with Crippen molar-refractivity contribution in [3.8, 4) is 11.4 Å². The van der Waals surface area contributed by atoms with E-state index >= 15 is 0 Å². The highest BCUT2D eigenvalue weighted by Gasteiger charge is 2.12. The van der Waals surface area contributed by atoms with Gasteiger partial charge in [-0.15, -0.1) is 0 Å². The summed E-state index contributed by atoms with van der Waals surface area (Å²) in [6.07, 6.45) is 5.18. The summed E-state index contributed by atoms with van der Waals surface area (Å²) in [5.41, 5.74) is 1.76. The van der Waals surface area contributed by atoms with Crippen molar-refractivity contribution in [2.75, 3.05) is 12.4 Å². The van der Waals surface area contributed by atoms with E-state index in [0.29, 0.717) is 5.75 Å². The van der Waals surface area contributed by atoms with Gasteiger partial charge in [-0.2, -0.15) is 0 Å². The zero-order chi connectivity index (χ0) is 17.5. The van der Waals surface area contributed by atoms with E-state index in [-0.39, 0.29) is 18.9 Å². The Labute approximate surface area is 147 Å². The van der Waals surface area contributed by atoms with Gasteiger partial charge in [-0.3, -0.25) is 0 Å². The SMILES string of the molecule is O=S(=O)(CCOc1ccccc1)NCc1ccccc1-n1ccnc1. The number of sulfonamides is 1. The third kappa shape index (κ3) is 4.91. The summed E-state index contributed by atoms with van der Waals surface area (Å²) in [6, 6.07) is 16.7. The lowest BCUT2D eigenvalue weighted by Crippen LogP contribution is -2.29. The Kier molecular flexibility index (Phi) is 5.47. The van der Waals surface area contributed by atoms with Gasteiger partial charge in [0.05, 0.1) is 17.8 Å². The lowest BCUT2D eigenvalue weighted by Gasteiger charge is -2.12. The van der Waals surface area contributed by atoms with Gasteiger partial charge in [0.25, 0.3) is 0 Å². The molecule has 0 aliphatic rings. The van der Waals surface area contributed by atoms with E-state index in [1.807, 2.05) is 53.2 Å². The molecular formula is C18H19N3O3S. The van der Waals surface area contributed by atoms with Crippen LogP contribution in [0.3, 0.4) is 0 Å². The quantitative estimate of drug-likeness (QED) is 0.672. The standard InChI is InChI=1S/C18H19N3O3S/c22-25(23,13-12-24-17-7-2-1-3-8-17)20-14-16-6-4-5-9-18(16)21-11-10-19-15-21/h1-11,15,20H,12-14H2. The van der Waals surface area contributed by atoms with Crippen LogP contribution in [0, 0.1) is 0 Å². The first kappa shape index (κ1) is 17.2. The van der Waals surface area contributed by atoms with Crippen LogP contribution >= 0.6 is 0 Å². The topological polar surface area (TPSA) is 73.2 Å². The van der Waals surface area contributed by atoms with Crippen LogP contribution in [0.5, 0.6) is 5.75 Å². The van der Waals surface area contributed by atoms with E-state index in [9.17, 15) is 8.42 Å². The Morgan fingerprint density at radius 1 is 1.04 bits per heavy atom. The third-order valence-corrected chi connectivity index (χ3v) is 4.91. The number of nitrogens with one attached hydrogen (secondary N) is 1. The molecule has 1 aromatic heterocycles.